The van der Waals surface area contributed by atoms with Gasteiger partial charge in [0.1, 0.15) is 25.1 Å². The molecule has 0 spiro atoms. The highest BCUT2D eigenvalue weighted by molar-refractivity contribution is 5.92. The van der Waals surface area contributed by atoms with E-state index in [-0.39, 0.29) is 12.1 Å². The Labute approximate surface area is 187 Å². The van der Waals surface area contributed by atoms with Crippen LogP contribution in [-0.2, 0) is 4.84 Å². The molecule has 0 bridgehead atoms. The fourth-order valence-electron chi connectivity index (χ4n) is 4.20. The molecule has 0 aliphatic carbocycles. The number of hydrogen-bond acceptors (Lipinski definition) is 8. The maximum atomic E-state index is 12.5. The van der Waals surface area contributed by atoms with E-state index in [0.717, 1.165) is 50.5 Å². The first-order chi connectivity index (χ1) is 15.6. The van der Waals surface area contributed by atoms with E-state index in [4.69, 9.17) is 10.6 Å². The summed E-state index contributed by atoms with van der Waals surface area (Å²) in [5.41, 5.74) is 8.62. The number of oxime groups is 1. The smallest absolute Gasteiger partial charge is 0.319 e. The second-order valence-electron chi connectivity index (χ2n) is 8.01. The number of anilines is 4. The molecule has 2 aromatic rings. The van der Waals surface area contributed by atoms with Crippen LogP contribution in [-0.4, -0.2) is 61.5 Å². The SMILES string of the molecule is CON=Cc1c(N)ncnc1N1CCC(NC(=O)Nc2ccc(N3CCCC3)cc2)CC1. The van der Waals surface area contributed by atoms with Crippen molar-refractivity contribution in [3.05, 3.63) is 36.2 Å². The second-order valence-corrected chi connectivity index (χ2v) is 8.01. The third-order valence-corrected chi connectivity index (χ3v) is 5.91. The quantitative estimate of drug-likeness (QED) is 0.468. The van der Waals surface area contributed by atoms with Crippen LogP contribution < -0.4 is 26.2 Å². The number of hydrogen-bond donors (Lipinski definition) is 3. The molecule has 2 saturated heterocycles. The normalized spacial score (nSPS) is 17.0. The molecular weight excluding hydrogens is 408 g/mol. The van der Waals surface area contributed by atoms with Crippen LogP contribution in [0.5, 0.6) is 0 Å². The summed E-state index contributed by atoms with van der Waals surface area (Å²) in [5, 5.41) is 9.82. The lowest BCUT2D eigenvalue weighted by atomic mass is 10.0. The summed E-state index contributed by atoms with van der Waals surface area (Å²) in [6.07, 6.45) is 7.05. The predicted octanol–water partition coefficient (Wildman–Crippen LogP) is 2.43. The summed E-state index contributed by atoms with van der Waals surface area (Å²) < 4.78 is 0. The molecule has 0 saturated carbocycles. The number of nitrogens with one attached hydrogen (secondary N) is 2. The van der Waals surface area contributed by atoms with Crippen molar-refractivity contribution in [1.82, 2.24) is 15.3 Å². The van der Waals surface area contributed by atoms with Gasteiger partial charge in [-0.1, -0.05) is 5.16 Å². The molecule has 2 fully saturated rings. The van der Waals surface area contributed by atoms with Gasteiger partial charge in [-0.05, 0) is 49.9 Å². The fraction of sp³-hybridized carbons (Fsp3) is 0.455. The average Bonchev–Trinajstić information content (AvgIpc) is 3.34. The Morgan fingerprint density at radius 3 is 2.53 bits per heavy atom. The molecule has 32 heavy (non-hydrogen) atoms. The molecule has 3 heterocycles. The molecule has 2 aliphatic heterocycles. The fourth-order valence-corrected chi connectivity index (χ4v) is 4.20. The number of nitrogens with zero attached hydrogens (tertiary/aromatic N) is 5. The molecule has 2 amide bonds. The molecule has 1 aromatic heterocycles. The molecule has 2 aliphatic rings. The second kappa shape index (κ2) is 10.2. The molecule has 4 N–H and O–H groups in total. The third-order valence-electron chi connectivity index (χ3n) is 5.91. The summed E-state index contributed by atoms with van der Waals surface area (Å²) in [6, 6.07) is 7.95. The van der Waals surface area contributed by atoms with E-state index < -0.39 is 0 Å². The van der Waals surface area contributed by atoms with Crippen molar-refractivity contribution < 1.29 is 9.63 Å². The topological polar surface area (TPSA) is 121 Å². The summed E-state index contributed by atoms with van der Waals surface area (Å²) >= 11 is 0. The number of nitrogen functional groups attached to an aromatic ring is 1. The summed E-state index contributed by atoms with van der Waals surface area (Å²) in [4.78, 5) is 30.2. The minimum atomic E-state index is -0.184. The van der Waals surface area contributed by atoms with Crippen LogP contribution >= 0.6 is 0 Å². The van der Waals surface area contributed by atoms with Crippen LogP contribution in [0.3, 0.4) is 0 Å². The largest absolute Gasteiger partial charge is 0.399 e. The standard InChI is InChI=1S/C22H30N8O2/c1-32-26-14-19-20(23)24-15-25-21(19)30-12-8-17(9-13-30)28-22(31)27-16-4-6-18(7-5-16)29-10-2-3-11-29/h4-7,14-15,17H,2-3,8-13H2,1H3,(H2,23,24,25)(H2,27,28,31). The van der Waals surface area contributed by atoms with Gasteiger partial charge in [0, 0.05) is 43.6 Å². The maximum absolute atomic E-state index is 12.5. The summed E-state index contributed by atoms with van der Waals surface area (Å²) in [7, 11) is 1.47. The summed E-state index contributed by atoms with van der Waals surface area (Å²) in [5.74, 6) is 1.07. The molecule has 4 rings (SSSR count). The Balaban J connectivity index is 1.28. The van der Waals surface area contributed by atoms with Crippen LogP contribution in [0.15, 0.2) is 35.7 Å². The number of rotatable bonds is 6. The Kier molecular flexibility index (Phi) is 6.88. The first-order valence-electron chi connectivity index (χ1n) is 11.0. The highest BCUT2D eigenvalue weighted by Crippen LogP contribution is 2.24. The van der Waals surface area contributed by atoms with Crippen LogP contribution in [0.4, 0.5) is 27.8 Å². The lowest BCUT2D eigenvalue weighted by molar-refractivity contribution is 0.215. The van der Waals surface area contributed by atoms with E-state index in [9.17, 15) is 4.79 Å². The van der Waals surface area contributed by atoms with Crippen LogP contribution in [0.25, 0.3) is 0 Å². The van der Waals surface area contributed by atoms with E-state index in [0.29, 0.717) is 11.4 Å². The molecule has 0 unspecified atom stereocenters. The van der Waals surface area contributed by atoms with E-state index in [1.807, 2.05) is 12.1 Å². The first kappa shape index (κ1) is 21.7. The molecule has 10 heteroatoms. The highest BCUT2D eigenvalue weighted by atomic mass is 16.6. The van der Waals surface area contributed by atoms with Crippen LogP contribution in [0, 0.1) is 0 Å². The molecular formula is C22H30N8O2. The van der Waals surface area contributed by atoms with Gasteiger partial charge in [-0.25, -0.2) is 14.8 Å². The van der Waals surface area contributed by atoms with Gasteiger partial charge in [0.2, 0.25) is 0 Å². The molecule has 0 radical (unpaired) electrons. The number of nitrogens with two attached hydrogens (primary N) is 1. The molecule has 1 aromatic carbocycles. The Bertz CT molecular complexity index is 935. The third kappa shape index (κ3) is 5.19. The minimum Gasteiger partial charge on any atom is -0.399 e. The van der Waals surface area contributed by atoms with E-state index >= 15 is 0 Å². The van der Waals surface area contributed by atoms with Crippen molar-refractivity contribution in [3.63, 3.8) is 0 Å². The van der Waals surface area contributed by atoms with Crippen molar-refractivity contribution in [2.75, 3.05) is 54.1 Å². The van der Waals surface area contributed by atoms with Crippen molar-refractivity contribution in [1.29, 1.82) is 0 Å². The summed E-state index contributed by atoms with van der Waals surface area (Å²) in [6.45, 7) is 3.68. The number of aromatic nitrogens is 2. The monoisotopic (exact) mass is 438 g/mol. The van der Waals surface area contributed by atoms with Gasteiger partial charge in [0.25, 0.3) is 0 Å². The zero-order valence-electron chi connectivity index (χ0n) is 18.3. The number of piperidine rings is 1. The van der Waals surface area contributed by atoms with Crippen molar-refractivity contribution in [2.45, 2.75) is 31.7 Å². The maximum Gasteiger partial charge on any atom is 0.319 e. The van der Waals surface area contributed by atoms with Gasteiger partial charge in [-0.15, -0.1) is 0 Å². The lowest BCUT2D eigenvalue weighted by Gasteiger charge is -2.33. The van der Waals surface area contributed by atoms with Gasteiger partial charge < -0.3 is 31.0 Å². The molecule has 0 atom stereocenters. The number of urea groups is 1. The first-order valence-corrected chi connectivity index (χ1v) is 11.0. The van der Waals surface area contributed by atoms with Gasteiger partial charge in [0.15, 0.2) is 0 Å². The Morgan fingerprint density at radius 1 is 1.12 bits per heavy atom. The van der Waals surface area contributed by atoms with Crippen molar-refractivity contribution >= 4 is 35.3 Å². The van der Waals surface area contributed by atoms with Gasteiger partial charge in [-0.2, -0.15) is 0 Å². The minimum absolute atomic E-state index is 0.0883. The van der Waals surface area contributed by atoms with E-state index in [2.05, 4.69) is 47.7 Å². The number of benzene rings is 1. The van der Waals surface area contributed by atoms with Crippen LogP contribution in [0.1, 0.15) is 31.2 Å². The zero-order valence-corrected chi connectivity index (χ0v) is 18.3. The van der Waals surface area contributed by atoms with E-state index in [1.165, 1.54) is 38.2 Å². The van der Waals surface area contributed by atoms with Gasteiger partial charge >= 0.3 is 6.03 Å². The number of carbonyl (C=O) groups excluding carboxylic acids is 1. The van der Waals surface area contributed by atoms with E-state index in [1.54, 1.807) is 0 Å². The van der Waals surface area contributed by atoms with Crippen LogP contribution in [0.2, 0.25) is 0 Å². The average molecular weight is 439 g/mol. The predicted molar refractivity (Wildman–Crippen MR) is 126 cm³/mol. The number of amides is 2. The Hall–Kier alpha value is -3.56. The molecule has 170 valence electrons. The highest BCUT2D eigenvalue weighted by Gasteiger charge is 2.24. The van der Waals surface area contributed by atoms with Crippen molar-refractivity contribution in [2.24, 2.45) is 5.16 Å². The molecule has 10 nitrogen and oxygen atoms in total. The zero-order chi connectivity index (χ0) is 22.3. The van der Waals surface area contributed by atoms with Gasteiger partial charge in [-0.3, -0.25) is 0 Å². The Morgan fingerprint density at radius 2 is 1.84 bits per heavy atom. The van der Waals surface area contributed by atoms with Crippen molar-refractivity contribution in [3.8, 4) is 0 Å². The van der Waals surface area contributed by atoms with Gasteiger partial charge in [0.05, 0.1) is 11.8 Å². The number of carbonyl (C=O) groups is 1. The lowest BCUT2D eigenvalue weighted by Crippen LogP contribution is -2.46.